The fourth-order valence-electron chi connectivity index (χ4n) is 21.3. The minimum Gasteiger partial charge on any atom is -0.497 e. The van der Waals surface area contributed by atoms with E-state index in [1.807, 2.05) is 122 Å². The summed E-state index contributed by atoms with van der Waals surface area (Å²) in [6.07, 6.45) is 46.1. The summed E-state index contributed by atoms with van der Waals surface area (Å²) >= 11 is 0. The van der Waals surface area contributed by atoms with Crippen LogP contribution in [-0.2, 0) is 57.0 Å². The molecule has 4 aliphatic carbocycles. The molecule has 4 saturated carbocycles. The molecule has 0 radical (unpaired) electrons. The van der Waals surface area contributed by atoms with Crippen LogP contribution in [0.3, 0.4) is 0 Å². The minimum atomic E-state index is -0.465. The summed E-state index contributed by atoms with van der Waals surface area (Å²) < 4.78 is 55.2. The topological polar surface area (TPSA) is 326 Å². The SMILES string of the molecule is C.C.C.CC(C)(C)OC(=O)N1CCCC1.CC(C)(OC(=O)N1CCCC1)C1CCCCC1.CC(C)(OC(=O)N1CCCC1=O)C1CCCCC1.CCC(C)(C)OC(=O)N1CCCC1.CCC(CC)(CC)OC(=O)N1CCCC1.CCC(CC)(CC)OC(=O)N1CCCC1=O.CCC(CC)(OC(=O)N1CCCC1=O)C1CCCCC1.CCC1(OC(=O)N2CCCC2)CCCC1.COc1ccc(C(C)OC(=O)N2CCCC2)cc1. The number of amides is 12. The molecule has 31 heteroatoms. The Morgan fingerprint density at radius 3 is 0.898 bits per heavy atom. The van der Waals surface area contributed by atoms with Gasteiger partial charge in [-0.25, -0.2) is 57.9 Å². The van der Waals surface area contributed by atoms with Crippen LogP contribution in [0, 0.1) is 17.8 Å². The third kappa shape index (κ3) is 43.6. The highest BCUT2D eigenvalue weighted by molar-refractivity contribution is 5.95. The van der Waals surface area contributed by atoms with Crippen molar-refractivity contribution in [3.63, 3.8) is 0 Å². The smallest absolute Gasteiger partial charge is 0.417 e. The molecule has 848 valence electrons. The fourth-order valence-corrected chi connectivity index (χ4v) is 21.3. The van der Waals surface area contributed by atoms with Gasteiger partial charge >= 0.3 is 54.8 Å². The van der Waals surface area contributed by atoms with E-state index in [2.05, 4.69) is 55.4 Å². The van der Waals surface area contributed by atoms with Crippen LogP contribution in [0.4, 0.5) is 43.2 Å². The Labute approximate surface area is 888 Å². The average Bonchev–Trinajstić information content (AvgIpc) is 1.74. The van der Waals surface area contributed by atoms with E-state index in [0.29, 0.717) is 56.7 Å². The Hall–Kier alpha value is -8.54. The monoisotopic (exact) mass is 2080 g/mol. The zero-order chi connectivity index (χ0) is 106. The highest BCUT2D eigenvalue weighted by Gasteiger charge is 2.46. The molecule has 14 rings (SSSR count). The first kappa shape index (κ1) is 133. The summed E-state index contributed by atoms with van der Waals surface area (Å²) in [5, 5.41) is 0. The number of nitrogens with zero attached hydrogens (tertiary/aromatic N) is 9. The van der Waals surface area contributed by atoms with E-state index < -0.39 is 29.5 Å². The van der Waals surface area contributed by atoms with Crippen LogP contribution in [-0.4, -0.2) is 267 Å². The van der Waals surface area contributed by atoms with Crippen molar-refractivity contribution in [2.24, 2.45) is 17.8 Å². The van der Waals surface area contributed by atoms with Gasteiger partial charge in [-0.05, 0) is 329 Å². The van der Waals surface area contributed by atoms with Crippen molar-refractivity contribution in [2.45, 2.75) is 513 Å². The molecule has 147 heavy (non-hydrogen) atoms. The summed E-state index contributed by atoms with van der Waals surface area (Å²) in [6, 6.07) is 7.58. The Balaban J connectivity index is 0.000000425. The number of carbonyl (C=O) groups excluding carboxylic acids is 12. The molecular weight excluding hydrogens is 1870 g/mol. The quantitative estimate of drug-likeness (QED) is 0.0919. The van der Waals surface area contributed by atoms with Gasteiger partial charge in [-0.3, -0.25) is 14.4 Å². The molecule has 0 N–H and O–H groups in total. The average molecular weight is 2080 g/mol. The van der Waals surface area contributed by atoms with Crippen LogP contribution in [0.25, 0.3) is 0 Å². The van der Waals surface area contributed by atoms with Gasteiger partial charge in [0.05, 0.1) is 7.11 Å². The molecule has 0 bridgehead atoms. The summed E-state index contributed by atoms with van der Waals surface area (Å²) in [6.45, 7) is 52.0. The molecule has 0 spiro atoms. The van der Waals surface area contributed by atoms with E-state index in [4.69, 9.17) is 47.4 Å². The second-order valence-electron chi connectivity index (χ2n) is 44.3. The summed E-state index contributed by atoms with van der Waals surface area (Å²) in [5.41, 5.74) is -1.59. The maximum atomic E-state index is 12.3. The zero-order valence-electron chi connectivity index (χ0n) is 93.5. The molecule has 1 aromatic carbocycles. The van der Waals surface area contributed by atoms with Crippen molar-refractivity contribution < 1.29 is 105 Å². The van der Waals surface area contributed by atoms with Gasteiger partial charge in [-0.2, -0.15) is 0 Å². The van der Waals surface area contributed by atoms with E-state index in [9.17, 15) is 57.5 Å². The third-order valence-corrected chi connectivity index (χ3v) is 32.2. The zero-order valence-corrected chi connectivity index (χ0v) is 93.5. The van der Waals surface area contributed by atoms with Crippen molar-refractivity contribution in [1.82, 2.24) is 44.1 Å². The van der Waals surface area contributed by atoms with Crippen LogP contribution in [0.5, 0.6) is 5.75 Å². The van der Waals surface area contributed by atoms with Gasteiger partial charge in [0.2, 0.25) is 17.7 Å². The Morgan fingerprint density at radius 2 is 0.599 bits per heavy atom. The second-order valence-corrected chi connectivity index (χ2v) is 44.3. The Kier molecular flexibility index (Phi) is 59.8. The van der Waals surface area contributed by atoms with Crippen LogP contribution in [0.15, 0.2) is 24.3 Å². The number of imide groups is 3. The van der Waals surface area contributed by atoms with E-state index in [1.165, 1.54) is 98.2 Å². The van der Waals surface area contributed by atoms with E-state index in [0.717, 1.165) is 289 Å². The first-order chi connectivity index (χ1) is 68.5. The number of likely N-dealkylation sites (tertiary alicyclic amines) is 9. The lowest BCUT2D eigenvalue weighted by Crippen LogP contribution is -2.46. The maximum Gasteiger partial charge on any atom is 0.417 e. The predicted octanol–water partition coefficient (Wildman–Crippen LogP) is 28.7. The standard InChI is InChI=1S/C16H27NO3.C14H19NO3.C14H23NO3.C14H25NO2.C12H21NO3.C12H21NO2.C12H23NO2.C10H19NO2.C9H17NO2.3CH4/c1-3-16(4-2,13-9-6-5-7-10-13)20-15(19)17-12-8-11-14(17)18;1-11(12-5-7-13(17-2)8-6-12)18-14(16)15-9-3-4-10-15;1-14(2,11-7-4-3-5-8-11)18-13(17)15-10-6-9-12(15)16;1-14(2,12-8-4-3-5-9-12)17-13(16)15-10-6-7-11-15;1-4-12(5-2,6-3)16-11(15)13-9-7-8-10(13)14;1-2-12(7-3-4-8-12)15-11(14)13-9-5-6-10-13;1-4-12(5-2,6-3)15-11(14)13-9-7-8-10-13;1-4-10(2,3)13-9(12)11-7-5-6-8-11;1-9(2,3)12-8(11)10-6-4-5-7-10;;;/h13H,3-12H2,1-2H3;5-8,11H,3-4,9-10H2,1-2H3;11H,3-10H2,1-2H3;12H,3-11H2,1-2H3;4-9H2,1-3H3;2-10H2,1H3;4-10H2,1-3H3;4-8H2,1-3H3;4-7H2,1-3H3;3*1H4. The minimum absolute atomic E-state index is 0. The van der Waals surface area contributed by atoms with Crippen LogP contribution < -0.4 is 4.74 Å². The second kappa shape index (κ2) is 66.3. The largest absolute Gasteiger partial charge is 0.497 e. The van der Waals surface area contributed by atoms with Crippen LogP contribution >= 0.6 is 0 Å². The molecule has 31 nitrogen and oxygen atoms in total. The normalized spacial score (nSPS) is 19.4. The third-order valence-electron chi connectivity index (χ3n) is 32.2. The van der Waals surface area contributed by atoms with Crippen molar-refractivity contribution in [1.29, 1.82) is 0 Å². The van der Waals surface area contributed by atoms with Crippen LogP contribution in [0.2, 0.25) is 0 Å². The fraction of sp³-hybridized carbons (Fsp3) is 0.845. The van der Waals surface area contributed by atoms with Crippen molar-refractivity contribution in [3.8, 4) is 5.75 Å². The van der Waals surface area contributed by atoms with Gasteiger partial charge in [0.15, 0.2) is 0 Å². The molecule has 1 atom stereocenters. The first-order valence-electron chi connectivity index (χ1n) is 56.6. The number of methoxy groups -OCH3 is 1. The molecule has 12 amide bonds. The molecule has 13 fully saturated rings. The van der Waals surface area contributed by atoms with E-state index >= 15 is 0 Å². The van der Waals surface area contributed by atoms with Crippen molar-refractivity contribution in [2.75, 3.05) is 105 Å². The van der Waals surface area contributed by atoms with Gasteiger partial charge in [-0.1, -0.05) is 161 Å². The first-order valence-corrected chi connectivity index (χ1v) is 56.6. The molecule has 9 heterocycles. The highest BCUT2D eigenvalue weighted by atomic mass is 16.6. The van der Waals surface area contributed by atoms with E-state index in [-0.39, 0.29) is 116 Å². The summed E-state index contributed by atoms with van der Waals surface area (Å²) in [4.78, 5) is 156. The molecule has 13 aliphatic rings. The van der Waals surface area contributed by atoms with E-state index in [1.54, 1.807) is 21.8 Å². The van der Waals surface area contributed by atoms with Crippen molar-refractivity contribution in [3.05, 3.63) is 29.8 Å². The molecular formula is C116H207N9O22. The highest BCUT2D eigenvalue weighted by Crippen LogP contribution is 2.43. The lowest BCUT2D eigenvalue weighted by molar-refractivity contribution is -0.129. The van der Waals surface area contributed by atoms with Crippen molar-refractivity contribution >= 4 is 72.6 Å². The Bertz CT molecular complexity index is 3940. The molecule has 9 aliphatic heterocycles. The van der Waals surface area contributed by atoms with Crippen LogP contribution in [0.1, 0.15) is 474 Å². The maximum absolute atomic E-state index is 12.3. The number of carbonyl (C=O) groups is 12. The molecule has 1 aromatic rings. The number of hydrogen-bond acceptors (Lipinski definition) is 22. The Morgan fingerprint density at radius 1 is 0.313 bits per heavy atom. The lowest BCUT2D eigenvalue weighted by atomic mass is 9.74. The van der Waals surface area contributed by atoms with Gasteiger partial charge in [0.1, 0.15) is 56.7 Å². The van der Waals surface area contributed by atoms with Gasteiger partial charge in [0, 0.05) is 117 Å². The lowest BCUT2D eigenvalue weighted by Gasteiger charge is -2.41. The number of benzene rings is 1. The van der Waals surface area contributed by atoms with Gasteiger partial charge < -0.3 is 76.8 Å². The number of ether oxygens (including phenoxy) is 10. The summed E-state index contributed by atoms with van der Waals surface area (Å²) in [7, 11) is 1.63. The number of hydrogen-bond donors (Lipinski definition) is 0. The molecule has 9 saturated heterocycles. The van der Waals surface area contributed by atoms with Gasteiger partial charge in [-0.15, -0.1) is 0 Å². The summed E-state index contributed by atoms with van der Waals surface area (Å²) in [5.74, 6) is 1.93. The number of rotatable bonds is 23. The predicted molar refractivity (Wildman–Crippen MR) is 582 cm³/mol. The van der Waals surface area contributed by atoms with Gasteiger partial charge in [0.25, 0.3) is 0 Å². The molecule has 1 unspecified atom stereocenters. The molecule has 0 aromatic heterocycles.